The van der Waals surface area contributed by atoms with Crippen molar-refractivity contribution in [2.45, 2.75) is 51.6 Å². The van der Waals surface area contributed by atoms with Crippen LogP contribution in [0.15, 0.2) is 30.6 Å². The van der Waals surface area contributed by atoms with E-state index in [0.29, 0.717) is 42.0 Å². The molecule has 4 N–H and O–H groups in total. The number of carbonyl (C=O) groups excluding carboxylic acids is 1. The number of hydrogen-bond acceptors (Lipinski definition) is 8. The molecule has 12 heteroatoms. The van der Waals surface area contributed by atoms with Crippen LogP contribution in [0.5, 0.6) is 0 Å². The van der Waals surface area contributed by atoms with Crippen molar-refractivity contribution in [2.24, 2.45) is 5.73 Å². The molecule has 0 bridgehead atoms. The Morgan fingerprint density at radius 2 is 2.05 bits per heavy atom. The number of nitrogens with zero attached hydrogens (tertiary/aromatic N) is 7. The van der Waals surface area contributed by atoms with Crippen LogP contribution in [0.25, 0.3) is 11.3 Å². The maximum absolute atomic E-state index is 12.3. The Balaban J connectivity index is 1.36. The van der Waals surface area contributed by atoms with E-state index in [0.717, 1.165) is 54.1 Å². The molecule has 198 valence electrons. The largest absolute Gasteiger partial charge is 0.352 e. The molecule has 0 radical (unpaired) electrons. The highest BCUT2D eigenvalue weighted by Gasteiger charge is 2.24. The standard InChI is InChI=1S/C26H31ClN10O/c1-15(2)17-13-31-37-23(17)32-26(35-10-7-16(28)8-11-35)33-25(37)30-12-18-20(27)4-3-5-22(18)36-14-19-21(34-36)6-9-29-24(19)38/h3-5,13-16H,6-12,28H2,1-2H3,(H,29,38)(H,30,32,33). The first kappa shape index (κ1) is 24.6. The van der Waals surface area contributed by atoms with Crippen LogP contribution < -0.4 is 21.3 Å². The minimum absolute atomic E-state index is 0.103. The molecule has 11 nitrogen and oxygen atoms in total. The molecule has 2 aliphatic rings. The van der Waals surface area contributed by atoms with E-state index in [1.165, 1.54) is 0 Å². The summed E-state index contributed by atoms with van der Waals surface area (Å²) in [6.45, 7) is 6.85. The molecule has 3 aromatic heterocycles. The molecule has 0 unspecified atom stereocenters. The van der Waals surface area contributed by atoms with Crippen LogP contribution >= 0.6 is 11.6 Å². The van der Waals surface area contributed by atoms with E-state index >= 15 is 0 Å². The number of piperidine rings is 1. The number of nitrogens with one attached hydrogen (secondary N) is 2. The van der Waals surface area contributed by atoms with Gasteiger partial charge in [0.15, 0.2) is 5.65 Å². The maximum atomic E-state index is 12.3. The molecule has 1 amide bonds. The molecule has 5 heterocycles. The van der Waals surface area contributed by atoms with Gasteiger partial charge in [0.05, 0.1) is 23.1 Å². The predicted octanol–water partition coefficient (Wildman–Crippen LogP) is 2.91. The number of anilines is 2. The maximum Gasteiger partial charge on any atom is 0.254 e. The van der Waals surface area contributed by atoms with Gasteiger partial charge >= 0.3 is 0 Å². The van der Waals surface area contributed by atoms with Crippen LogP contribution in [0.3, 0.4) is 0 Å². The summed E-state index contributed by atoms with van der Waals surface area (Å²) in [7, 11) is 0. The first-order valence-electron chi connectivity index (χ1n) is 13.0. The highest BCUT2D eigenvalue weighted by Crippen LogP contribution is 2.28. The number of halogens is 1. The molecule has 0 saturated carbocycles. The molecule has 0 atom stereocenters. The summed E-state index contributed by atoms with van der Waals surface area (Å²) in [5, 5.41) is 16.2. The molecule has 0 aliphatic carbocycles. The van der Waals surface area contributed by atoms with E-state index in [-0.39, 0.29) is 17.9 Å². The van der Waals surface area contributed by atoms with E-state index in [4.69, 9.17) is 32.4 Å². The number of hydrogen-bond donors (Lipinski definition) is 3. The Labute approximate surface area is 225 Å². The van der Waals surface area contributed by atoms with E-state index < -0.39 is 0 Å². The van der Waals surface area contributed by atoms with Crippen molar-refractivity contribution in [3.63, 3.8) is 0 Å². The van der Waals surface area contributed by atoms with Crippen molar-refractivity contribution in [1.82, 2.24) is 34.7 Å². The number of aromatic nitrogens is 6. The average Bonchev–Trinajstić information content (AvgIpc) is 3.54. The third-order valence-corrected chi connectivity index (χ3v) is 7.63. The Morgan fingerprint density at radius 3 is 2.82 bits per heavy atom. The van der Waals surface area contributed by atoms with Gasteiger partial charge in [-0.05, 0) is 30.9 Å². The third-order valence-electron chi connectivity index (χ3n) is 7.27. The van der Waals surface area contributed by atoms with Gasteiger partial charge in [0, 0.05) is 61.0 Å². The molecule has 1 aromatic carbocycles. The summed E-state index contributed by atoms with van der Waals surface area (Å²) in [4.78, 5) is 24.3. The van der Waals surface area contributed by atoms with E-state index in [1.54, 1.807) is 15.4 Å². The normalized spacial score (nSPS) is 16.2. The predicted molar refractivity (Wildman–Crippen MR) is 146 cm³/mol. The summed E-state index contributed by atoms with van der Waals surface area (Å²) in [6.07, 6.45) is 6.13. The first-order valence-corrected chi connectivity index (χ1v) is 13.4. The highest BCUT2D eigenvalue weighted by molar-refractivity contribution is 6.31. The van der Waals surface area contributed by atoms with E-state index in [9.17, 15) is 4.79 Å². The highest BCUT2D eigenvalue weighted by atomic mass is 35.5. The molecule has 1 saturated heterocycles. The SMILES string of the molecule is CC(C)c1cnn2c(NCc3c(Cl)cccc3-n3cc4c(n3)CCNC4=O)nc(N3CCC(N)CC3)nc12. The van der Waals surface area contributed by atoms with Gasteiger partial charge in [-0.1, -0.05) is 31.5 Å². The average molecular weight is 535 g/mol. The van der Waals surface area contributed by atoms with E-state index in [1.807, 2.05) is 24.4 Å². The zero-order valence-corrected chi connectivity index (χ0v) is 22.2. The monoisotopic (exact) mass is 534 g/mol. The molecule has 0 spiro atoms. The minimum Gasteiger partial charge on any atom is -0.352 e. The summed E-state index contributed by atoms with van der Waals surface area (Å²) in [6, 6.07) is 5.89. The quantitative estimate of drug-likeness (QED) is 0.344. The number of rotatable bonds is 6. The number of carbonyl (C=O) groups is 1. The second-order valence-electron chi connectivity index (χ2n) is 10.2. The topological polar surface area (TPSA) is 131 Å². The lowest BCUT2D eigenvalue weighted by molar-refractivity contribution is 0.0946. The van der Waals surface area contributed by atoms with Gasteiger partial charge in [-0.25, -0.2) is 4.68 Å². The number of amides is 1. The Hall–Kier alpha value is -3.70. The molecule has 38 heavy (non-hydrogen) atoms. The van der Waals surface area contributed by atoms with Crippen molar-refractivity contribution >= 4 is 35.1 Å². The van der Waals surface area contributed by atoms with Gasteiger partial charge < -0.3 is 21.3 Å². The van der Waals surface area contributed by atoms with Gasteiger partial charge in [-0.3, -0.25) is 4.79 Å². The van der Waals surface area contributed by atoms with Gasteiger partial charge in [0.2, 0.25) is 11.9 Å². The Morgan fingerprint density at radius 1 is 1.24 bits per heavy atom. The molecule has 1 fully saturated rings. The molecule has 4 aromatic rings. The lowest BCUT2D eigenvalue weighted by Gasteiger charge is -2.30. The first-order chi connectivity index (χ1) is 18.4. The van der Waals surface area contributed by atoms with Gasteiger partial charge in [-0.15, -0.1) is 0 Å². The Bertz CT molecular complexity index is 1500. The summed E-state index contributed by atoms with van der Waals surface area (Å²) in [5.74, 6) is 1.40. The van der Waals surface area contributed by atoms with Crippen molar-refractivity contribution < 1.29 is 4.79 Å². The van der Waals surface area contributed by atoms with E-state index in [2.05, 4.69) is 34.5 Å². The molecule has 2 aliphatic heterocycles. The third kappa shape index (κ3) is 4.45. The van der Waals surface area contributed by atoms with Crippen molar-refractivity contribution in [2.75, 3.05) is 29.9 Å². The second-order valence-corrected chi connectivity index (χ2v) is 10.6. The van der Waals surface area contributed by atoms with Crippen LogP contribution in [-0.2, 0) is 13.0 Å². The molecular formula is C26H31ClN10O. The van der Waals surface area contributed by atoms with Crippen LogP contribution in [0.2, 0.25) is 5.02 Å². The lowest BCUT2D eigenvalue weighted by Crippen LogP contribution is -2.40. The van der Waals surface area contributed by atoms with Crippen LogP contribution in [0.4, 0.5) is 11.9 Å². The van der Waals surface area contributed by atoms with Gasteiger partial charge in [0.1, 0.15) is 0 Å². The Kier molecular flexibility index (Phi) is 6.40. The fourth-order valence-corrected chi connectivity index (χ4v) is 5.28. The van der Waals surface area contributed by atoms with Crippen LogP contribution in [0, 0.1) is 0 Å². The van der Waals surface area contributed by atoms with Crippen molar-refractivity contribution in [3.05, 3.63) is 58.0 Å². The number of benzene rings is 1. The van der Waals surface area contributed by atoms with Crippen molar-refractivity contribution in [1.29, 1.82) is 0 Å². The summed E-state index contributed by atoms with van der Waals surface area (Å²) < 4.78 is 3.49. The molecule has 6 rings (SSSR count). The fourth-order valence-electron chi connectivity index (χ4n) is 5.05. The minimum atomic E-state index is -0.103. The zero-order valence-electron chi connectivity index (χ0n) is 21.5. The number of nitrogens with two attached hydrogens (primary N) is 1. The number of fused-ring (bicyclic) bond motifs is 2. The van der Waals surface area contributed by atoms with Gasteiger partial charge in [0.25, 0.3) is 5.91 Å². The fraction of sp³-hybridized carbons (Fsp3) is 0.423. The van der Waals surface area contributed by atoms with Crippen LogP contribution in [0.1, 0.15) is 59.8 Å². The smallest absolute Gasteiger partial charge is 0.254 e. The summed E-state index contributed by atoms with van der Waals surface area (Å²) in [5.41, 5.74) is 11.0. The van der Waals surface area contributed by atoms with Gasteiger partial charge in [-0.2, -0.15) is 24.7 Å². The summed E-state index contributed by atoms with van der Waals surface area (Å²) >= 11 is 6.70. The molecular weight excluding hydrogens is 504 g/mol. The zero-order chi connectivity index (χ0) is 26.4. The second kappa shape index (κ2) is 9.88. The lowest BCUT2D eigenvalue weighted by atomic mass is 10.1. The van der Waals surface area contributed by atoms with Crippen LogP contribution in [-0.4, -0.2) is 60.9 Å². The van der Waals surface area contributed by atoms with Crippen molar-refractivity contribution in [3.8, 4) is 5.69 Å².